The Bertz CT molecular complexity index is 1470. The van der Waals surface area contributed by atoms with Gasteiger partial charge in [0.05, 0.1) is 11.2 Å². The van der Waals surface area contributed by atoms with Crippen molar-refractivity contribution in [3.05, 3.63) is 77.4 Å². The lowest BCUT2D eigenvalue weighted by Gasteiger charge is -2.32. The molecule has 0 bridgehead atoms. The van der Waals surface area contributed by atoms with Crippen LogP contribution in [-0.4, -0.2) is 18.3 Å². The van der Waals surface area contributed by atoms with Crippen LogP contribution in [0.4, 0.5) is 0 Å². The van der Waals surface area contributed by atoms with E-state index in [0.29, 0.717) is 0 Å². The molecule has 216 valence electrons. The summed E-state index contributed by atoms with van der Waals surface area (Å²) in [4.78, 5) is 0. The van der Waals surface area contributed by atoms with Gasteiger partial charge in [0, 0.05) is 0 Å². The Hall–Kier alpha value is -2.62. The van der Waals surface area contributed by atoms with Crippen LogP contribution in [0.1, 0.15) is 104 Å². The molecule has 0 saturated carbocycles. The van der Waals surface area contributed by atoms with Crippen molar-refractivity contribution in [2.75, 3.05) is 0 Å². The fourth-order valence-electron chi connectivity index (χ4n) is 6.28. The van der Waals surface area contributed by atoms with Gasteiger partial charge < -0.3 is 9.31 Å². The van der Waals surface area contributed by atoms with E-state index in [9.17, 15) is 0 Å². The summed E-state index contributed by atoms with van der Waals surface area (Å²) in [6.07, 6.45) is 10.6. The molecule has 1 saturated heterocycles. The highest BCUT2D eigenvalue weighted by atomic mass is 16.7. The largest absolute Gasteiger partial charge is 0.496 e. The highest BCUT2D eigenvalue weighted by Gasteiger charge is 2.52. The Morgan fingerprint density at radius 3 is 1.63 bits per heavy atom. The summed E-state index contributed by atoms with van der Waals surface area (Å²) < 4.78 is 13.4. The van der Waals surface area contributed by atoms with Crippen molar-refractivity contribution in [3.8, 4) is 11.1 Å². The van der Waals surface area contributed by atoms with E-state index in [-0.39, 0.29) is 0 Å². The summed E-state index contributed by atoms with van der Waals surface area (Å²) >= 11 is 0. The lowest BCUT2D eigenvalue weighted by atomic mass is 9.71. The predicted molar refractivity (Wildman–Crippen MR) is 178 cm³/mol. The van der Waals surface area contributed by atoms with Crippen LogP contribution < -0.4 is 5.46 Å². The van der Waals surface area contributed by atoms with E-state index >= 15 is 0 Å². The Morgan fingerprint density at radius 2 is 1.07 bits per heavy atom. The second-order valence-corrected chi connectivity index (χ2v) is 13.2. The topological polar surface area (TPSA) is 18.5 Å². The maximum atomic E-state index is 6.71. The summed E-state index contributed by atoms with van der Waals surface area (Å²) in [6.45, 7) is 15.4. The minimum Gasteiger partial charge on any atom is -0.399 e. The Labute approximate surface area is 249 Å². The first-order valence-electron chi connectivity index (χ1n) is 16.1. The number of unbranched alkanes of at least 4 members (excludes halogenated alkanes) is 3. The van der Waals surface area contributed by atoms with Gasteiger partial charge >= 0.3 is 7.12 Å². The van der Waals surface area contributed by atoms with E-state index in [4.69, 9.17) is 9.31 Å². The van der Waals surface area contributed by atoms with Crippen LogP contribution >= 0.6 is 0 Å². The van der Waals surface area contributed by atoms with Crippen molar-refractivity contribution in [1.82, 2.24) is 0 Å². The highest BCUT2D eigenvalue weighted by molar-refractivity contribution is 6.69. The van der Waals surface area contributed by atoms with Gasteiger partial charge in [0.15, 0.2) is 0 Å². The predicted octanol–water partition coefficient (Wildman–Crippen LogP) is 9.99. The maximum absolute atomic E-state index is 6.71. The first-order chi connectivity index (χ1) is 19.7. The molecule has 2 nitrogen and oxygen atoms in total. The van der Waals surface area contributed by atoms with E-state index in [1.165, 1.54) is 87.9 Å². The van der Waals surface area contributed by atoms with Crippen molar-refractivity contribution in [3.63, 3.8) is 0 Å². The minimum atomic E-state index is -0.418. The Kier molecular flexibility index (Phi) is 8.97. The van der Waals surface area contributed by atoms with Crippen molar-refractivity contribution in [2.45, 2.75) is 117 Å². The van der Waals surface area contributed by atoms with E-state index in [1.807, 2.05) is 0 Å². The summed E-state index contributed by atoms with van der Waals surface area (Å²) in [6, 6.07) is 23.5. The zero-order chi connectivity index (χ0) is 29.2. The Balaban J connectivity index is 1.81. The molecule has 0 aliphatic carbocycles. The third-order valence-electron chi connectivity index (χ3n) is 9.42. The van der Waals surface area contributed by atoms with Crippen LogP contribution in [-0.2, 0) is 28.6 Å². The van der Waals surface area contributed by atoms with Crippen LogP contribution in [0, 0.1) is 0 Å². The van der Waals surface area contributed by atoms with E-state index in [0.717, 1.165) is 24.7 Å². The average Bonchev–Trinajstić information content (AvgIpc) is 3.17. The summed E-state index contributed by atoms with van der Waals surface area (Å²) in [5.74, 6) is 0. The molecule has 41 heavy (non-hydrogen) atoms. The van der Waals surface area contributed by atoms with E-state index in [1.54, 1.807) is 0 Å². The number of aryl methyl sites for hydroxylation is 3. The fourth-order valence-corrected chi connectivity index (χ4v) is 6.28. The molecule has 1 aliphatic rings. The average molecular weight is 549 g/mol. The number of rotatable bonds is 11. The third-order valence-corrected chi connectivity index (χ3v) is 9.42. The lowest BCUT2D eigenvalue weighted by molar-refractivity contribution is 0.00578. The zero-order valence-corrected chi connectivity index (χ0v) is 26.5. The minimum absolute atomic E-state index is 0.396. The SMILES string of the molecule is CCCCc1cc(CCCC)cc(-c2c3ccccc3c(B3OC(C)(C)C(C)(C)O3)c3ccc(CCCC)cc23)c1. The molecule has 0 N–H and O–H groups in total. The molecule has 1 fully saturated rings. The van der Waals surface area contributed by atoms with Gasteiger partial charge in [-0.05, 0) is 121 Å². The molecule has 0 atom stereocenters. The van der Waals surface area contributed by atoms with Crippen molar-refractivity contribution < 1.29 is 9.31 Å². The van der Waals surface area contributed by atoms with Gasteiger partial charge in [-0.2, -0.15) is 0 Å². The molecule has 4 aromatic carbocycles. The summed E-state index contributed by atoms with van der Waals surface area (Å²) in [5, 5.41) is 5.07. The maximum Gasteiger partial charge on any atom is 0.496 e. The first-order valence-corrected chi connectivity index (χ1v) is 16.1. The van der Waals surface area contributed by atoms with Crippen LogP contribution in [0.2, 0.25) is 0 Å². The molecule has 0 aromatic heterocycles. The number of fused-ring (bicyclic) bond motifs is 2. The van der Waals surface area contributed by atoms with Crippen LogP contribution in [0.25, 0.3) is 32.7 Å². The van der Waals surface area contributed by atoms with Gasteiger partial charge in [-0.1, -0.05) is 101 Å². The molecule has 1 aliphatic heterocycles. The fraction of sp³-hybridized carbons (Fsp3) is 0.474. The van der Waals surface area contributed by atoms with Crippen LogP contribution in [0.15, 0.2) is 60.7 Å². The quantitative estimate of drug-likeness (QED) is 0.137. The molecule has 0 radical (unpaired) electrons. The molecular weight excluding hydrogens is 499 g/mol. The van der Waals surface area contributed by atoms with Gasteiger partial charge in [-0.15, -0.1) is 0 Å². The smallest absolute Gasteiger partial charge is 0.399 e. The van der Waals surface area contributed by atoms with Crippen LogP contribution in [0.5, 0.6) is 0 Å². The zero-order valence-electron chi connectivity index (χ0n) is 26.5. The van der Waals surface area contributed by atoms with Crippen molar-refractivity contribution >= 4 is 34.1 Å². The molecule has 0 amide bonds. The second-order valence-electron chi connectivity index (χ2n) is 13.2. The van der Waals surface area contributed by atoms with E-state index < -0.39 is 18.3 Å². The van der Waals surface area contributed by atoms with Gasteiger partial charge in [-0.25, -0.2) is 0 Å². The van der Waals surface area contributed by atoms with Gasteiger partial charge in [0.2, 0.25) is 0 Å². The molecular formula is C38H49BO2. The van der Waals surface area contributed by atoms with Gasteiger partial charge in [0.25, 0.3) is 0 Å². The van der Waals surface area contributed by atoms with Gasteiger partial charge in [-0.3, -0.25) is 0 Å². The first kappa shape index (κ1) is 29.9. The molecule has 1 heterocycles. The van der Waals surface area contributed by atoms with Crippen LogP contribution in [0.3, 0.4) is 0 Å². The van der Waals surface area contributed by atoms with Crippen molar-refractivity contribution in [2.24, 2.45) is 0 Å². The van der Waals surface area contributed by atoms with E-state index in [2.05, 4.69) is 109 Å². The number of hydrogen-bond acceptors (Lipinski definition) is 2. The Morgan fingerprint density at radius 1 is 0.561 bits per heavy atom. The lowest BCUT2D eigenvalue weighted by Crippen LogP contribution is -2.41. The standard InChI is InChI=1S/C38H49BO2/c1-8-11-16-27-21-22-33-34(26-27)35(30-24-28(17-12-9-2)23-29(25-30)18-13-10-3)31-19-14-15-20-32(31)36(33)39-40-37(4,5)38(6,7)41-39/h14-15,19-26H,8-13,16-18H2,1-7H3. The molecule has 0 unspecified atom stereocenters. The highest BCUT2D eigenvalue weighted by Crippen LogP contribution is 2.41. The normalized spacial score (nSPS) is 16.2. The molecule has 0 spiro atoms. The number of benzene rings is 4. The molecule has 3 heteroatoms. The molecule has 5 rings (SSSR count). The monoisotopic (exact) mass is 548 g/mol. The summed E-state index contributed by atoms with van der Waals surface area (Å²) in [5.41, 5.74) is 7.40. The van der Waals surface area contributed by atoms with Gasteiger partial charge in [0.1, 0.15) is 0 Å². The number of hydrogen-bond donors (Lipinski definition) is 0. The van der Waals surface area contributed by atoms with Crippen molar-refractivity contribution in [1.29, 1.82) is 0 Å². The second kappa shape index (κ2) is 12.3. The molecule has 4 aromatic rings. The third kappa shape index (κ3) is 5.99. The summed E-state index contributed by atoms with van der Waals surface area (Å²) in [7, 11) is -0.418.